The Kier molecular flexibility index (Phi) is 6.99. The van der Waals surface area contributed by atoms with E-state index in [-0.39, 0.29) is 16.6 Å². The summed E-state index contributed by atoms with van der Waals surface area (Å²) < 4.78 is 38.4. The highest BCUT2D eigenvalue weighted by Gasteiger charge is 2.31. The van der Waals surface area contributed by atoms with Crippen molar-refractivity contribution < 1.29 is 22.7 Å². The quantitative estimate of drug-likeness (QED) is 0.641. The van der Waals surface area contributed by atoms with Gasteiger partial charge in [-0.05, 0) is 50.1 Å². The van der Waals surface area contributed by atoms with Crippen LogP contribution >= 0.6 is 0 Å². The second-order valence-electron chi connectivity index (χ2n) is 7.37. The van der Waals surface area contributed by atoms with E-state index in [1.807, 2.05) is 31.2 Å². The number of ether oxygens (including phenoxy) is 2. The SMILES string of the molecule is COc1ccc(C(=O)N(C)CCOc2ccc(C)cc2)cc1S(=O)(=O)N1CCCC1. The summed E-state index contributed by atoms with van der Waals surface area (Å²) in [7, 11) is -0.615. The fraction of sp³-hybridized carbons (Fsp3) is 0.409. The summed E-state index contributed by atoms with van der Waals surface area (Å²) in [6.45, 7) is 3.68. The molecule has 8 heteroatoms. The number of amides is 1. The number of aryl methyl sites for hydroxylation is 1. The Labute approximate surface area is 178 Å². The van der Waals surface area contributed by atoms with Crippen LogP contribution in [0.3, 0.4) is 0 Å². The number of benzene rings is 2. The van der Waals surface area contributed by atoms with Crippen molar-refractivity contribution in [2.45, 2.75) is 24.7 Å². The fourth-order valence-corrected chi connectivity index (χ4v) is 5.03. The van der Waals surface area contributed by atoms with Gasteiger partial charge >= 0.3 is 0 Å². The molecular formula is C22H28N2O5S. The van der Waals surface area contributed by atoms with E-state index in [4.69, 9.17) is 9.47 Å². The average molecular weight is 433 g/mol. The molecule has 7 nitrogen and oxygen atoms in total. The molecule has 0 bridgehead atoms. The average Bonchev–Trinajstić information content (AvgIpc) is 3.30. The minimum Gasteiger partial charge on any atom is -0.495 e. The minimum atomic E-state index is -3.71. The molecule has 1 aliphatic rings. The summed E-state index contributed by atoms with van der Waals surface area (Å²) in [5.41, 5.74) is 1.44. The standard InChI is InChI=1S/C22H28N2O5S/c1-17-6-9-19(10-7-17)29-15-14-23(2)22(25)18-8-11-20(28-3)21(16-18)30(26,27)24-12-4-5-13-24/h6-11,16H,4-5,12-15H2,1-3H3. The number of hydrogen-bond acceptors (Lipinski definition) is 5. The van der Waals surface area contributed by atoms with Crippen molar-refractivity contribution in [2.24, 2.45) is 0 Å². The van der Waals surface area contributed by atoms with Crippen molar-refractivity contribution in [3.63, 3.8) is 0 Å². The molecule has 3 rings (SSSR count). The zero-order valence-electron chi connectivity index (χ0n) is 17.6. The van der Waals surface area contributed by atoms with Gasteiger partial charge < -0.3 is 14.4 Å². The Morgan fingerprint density at radius 1 is 1.10 bits per heavy atom. The van der Waals surface area contributed by atoms with E-state index in [1.54, 1.807) is 13.1 Å². The lowest BCUT2D eigenvalue weighted by atomic mass is 10.2. The number of hydrogen-bond donors (Lipinski definition) is 0. The molecule has 2 aromatic rings. The van der Waals surface area contributed by atoms with Gasteiger partial charge in [-0.2, -0.15) is 4.31 Å². The summed E-state index contributed by atoms with van der Waals surface area (Å²) in [4.78, 5) is 14.4. The van der Waals surface area contributed by atoms with Crippen molar-refractivity contribution in [1.29, 1.82) is 0 Å². The lowest BCUT2D eigenvalue weighted by molar-refractivity contribution is 0.0773. The van der Waals surface area contributed by atoms with Crippen LogP contribution in [0.2, 0.25) is 0 Å². The Hall–Kier alpha value is -2.58. The van der Waals surface area contributed by atoms with Gasteiger partial charge in [0.05, 0.1) is 13.7 Å². The van der Waals surface area contributed by atoms with Crippen LogP contribution in [0.1, 0.15) is 28.8 Å². The van der Waals surface area contributed by atoms with Crippen LogP contribution in [0.15, 0.2) is 47.4 Å². The molecule has 0 aliphatic carbocycles. The second-order valence-corrected chi connectivity index (χ2v) is 9.27. The van der Waals surface area contributed by atoms with Crippen molar-refractivity contribution in [3.8, 4) is 11.5 Å². The molecule has 0 atom stereocenters. The van der Waals surface area contributed by atoms with Crippen LogP contribution in [-0.4, -0.2) is 63.9 Å². The number of nitrogens with zero attached hydrogens (tertiary/aromatic N) is 2. The monoisotopic (exact) mass is 432 g/mol. The van der Waals surface area contributed by atoms with Crippen LogP contribution in [0.5, 0.6) is 11.5 Å². The van der Waals surface area contributed by atoms with E-state index >= 15 is 0 Å². The first-order valence-corrected chi connectivity index (χ1v) is 11.4. The smallest absolute Gasteiger partial charge is 0.253 e. The molecule has 1 heterocycles. The maximum atomic E-state index is 13.0. The van der Waals surface area contributed by atoms with E-state index in [0.717, 1.165) is 24.2 Å². The third-order valence-corrected chi connectivity index (χ3v) is 7.08. The van der Waals surface area contributed by atoms with Crippen molar-refractivity contribution in [3.05, 3.63) is 53.6 Å². The van der Waals surface area contributed by atoms with Gasteiger partial charge in [-0.25, -0.2) is 8.42 Å². The predicted molar refractivity (Wildman–Crippen MR) is 115 cm³/mol. The predicted octanol–water partition coefficient (Wildman–Crippen LogP) is 2.94. The second kappa shape index (κ2) is 9.49. The molecule has 0 aromatic heterocycles. The summed E-state index contributed by atoms with van der Waals surface area (Å²) in [5.74, 6) is 0.705. The minimum absolute atomic E-state index is 0.0297. The Morgan fingerprint density at radius 3 is 2.40 bits per heavy atom. The van der Waals surface area contributed by atoms with Crippen LogP contribution in [0.25, 0.3) is 0 Å². The molecule has 1 amide bonds. The van der Waals surface area contributed by atoms with E-state index in [9.17, 15) is 13.2 Å². The Bertz CT molecular complexity index is 983. The molecule has 1 saturated heterocycles. The first-order valence-electron chi connectivity index (χ1n) is 9.96. The lowest BCUT2D eigenvalue weighted by Crippen LogP contribution is -2.31. The van der Waals surface area contributed by atoms with Gasteiger partial charge in [0.1, 0.15) is 23.0 Å². The van der Waals surface area contributed by atoms with E-state index in [1.165, 1.54) is 28.4 Å². The molecule has 1 aliphatic heterocycles. The van der Waals surface area contributed by atoms with Gasteiger partial charge in [0, 0.05) is 25.7 Å². The Morgan fingerprint density at radius 2 is 1.77 bits per heavy atom. The summed E-state index contributed by atoms with van der Waals surface area (Å²) >= 11 is 0. The Balaban J connectivity index is 1.71. The van der Waals surface area contributed by atoms with Crippen molar-refractivity contribution in [1.82, 2.24) is 9.21 Å². The molecule has 1 fully saturated rings. The number of rotatable bonds is 8. The van der Waals surface area contributed by atoms with E-state index in [0.29, 0.717) is 31.8 Å². The van der Waals surface area contributed by atoms with Crippen molar-refractivity contribution >= 4 is 15.9 Å². The first-order chi connectivity index (χ1) is 14.3. The largest absolute Gasteiger partial charge is 0.495 e. The maximum Gasteiger partial charge on any atom is 0.253 e. The fourth-order valence-electron chi connectivity index (χ4n) is 3.34. The topological polar surface area (TPSA) is 76.1 Å². The van der Waals surface area contributed by atoms with Crippen LogP contribution in [0.4, 0.5) is 0 Å². The molecule has 2 aromatic carbocycles. The molecule has 0 N–H and O–H groups in total. The molecule has 162 valence electrons. The van der Waals surface area contributed by atoms with Crippen LogP contribution < -0.4 is 9.47 Å². The summed E-state index contributed by atoms with van der Waals surface area (Å²) in [6, 6.07) is 12.2. The number of sulfonamides is 1. The third kappa shape index (κ3) is 4.94. The third-order valence-electron chi connectivity index (χ3n) is 5.16. The molecular weight excluding hydrogens is 404 g/mol. The summed E-state index contributed by atoms with van der Waals surface area (Å²) in [5, 5.41) is 0. The zero-order valence-corrected chi connectivity index (χ0v) is 18.4. The van der Waals surface area contributed by atoms with Gasteiger partial charge in [0.2, 0.25) is 10.0 Å². The molecule has 0 saturated carbocycles. The first kappa shape index (κ1) is 22.1. The number of carbonyl (C=O) groups excluding carboxylic acids is 1. The maximum absolute atomic E-state index is 13.0. The van der Waals surface area contributed by atoms with Gasteiger partial charge in [-0.15, -0.1) is 0 Å². The van der Waals surface area contributed by atoms with Crippen LogP contribution in [0, 0.1) is 6.92 Å². The molecule has 0 spiro atoms. The number of likely N-dealkylation sites (N-methyl/N-ethyl adjacent to an activating group) is 1. The van der Waals surface area contributed by atoms with Gasteiger partial charge in [-0.3, -0.25) is 4.79 Å². The molecule has 0 radical (unpaired) electrons. The van der Waals surface area contributed by atoms with E-state index < -0.39 is 10.0 Å². The lowest BCUT2D eigenvalue weighted by Gasteiger charge is -2.20. The van der Waals surface area contributed by atoms with Gasteiger partial charge in [-0.1, -0.05) is 17.7 Å². The highest BCUT2D eigenvalue weighted by Crippen LogP contribution is 2.30. The van der Waals surface area contributed by atoms with Gasteiger partial charge in [0.25, 0.3) is 5.91 Å². The molecule has 30 heavy (non-hydrogen) atoms. The van der Waals surface area contributed by atoms with Crippen LogP contribution in [-0.2, 0) is 10.0 Å². The van der Waals surface area contributed by atoms with Crippen molar-refractivity contribution in [2.75, 3.05) is 40.4 Å². The van der Waals surface area contributed by atoms with Gasteiger partial charge in [0.15, 0.2) is 0 Å². The number of carbonyl (C=O) groups is 1. The summed E-state index contributed by atoms with van der Waals surface area (Å²) in [6.07, 6.45) is 1.67. The molecule has 0 unspecified atom stereocenters. The normalized spacial score (nSPS) is 14.5. The highest BCUT2D eigenvalue weighted by atomic mass is 32.2. The highest BCUT2D eigenvalue weighted by molar-refractivity contribution is 7.89. The number of methoxy groups -OCH3 is 1. The van der Waals surface area contributed by atoms with E-state index in [2.05, 4.69) is 0 Å². The zero-order chi connectivity index (χ0) is 21.7.